The van der Waals surface area contributed by atoms with E-state index in [1.165, 1.54) is 89.9 Å². The molecule has 3 atom stereocenters. The Morgan fingerprint density at radius 3 is 1.40 bits per heavy atom. The summed E-state index contributed by atoms with van der Waals surface area (Å²) in [5.41, 5.74) is 0. The van der Waals surface area contributed by atoms with E-state index in [0.717, 1.165) is 70.6 Å². The fourth-order valence-corrected chi connectivity index (χ4v) is 7.33. The number of rotatable bonds is 44. The Bertz CT molecular complexity index is 1340. The number of amides is 1. The summed E-state index contributed by atoms with van der Waals surface area (Å²) in [4.78, 5) is 25.4. The molecule has 0 aliphatic carbocycles. The molecule has 0 aliphatic heterocycles. The maximum Gasteiger partial charge on any atom is 0.268 e. The number of aliphatic hydroxyl groups excluding tert-OH is 1. The third kappa shape index (κ3) is 47.2. The minimum Gasteiger partial charge on any atom is -0.756 e. The van der Waals surface area contributed by atoms with Gasteiger partial charge in [0.1, 0.15) is 13.2 Å². The van der Waals surface area contributed by atoms with Crippen molar-refractivity contribution >= 4 is 13.7 Å². The lowest BCUT2D eigenvalue weighted by Gasteiger charge is -2.29. The molecule has 0 rings (SSSR count). The molecule has 362 valence electrons. The van der Waals surface area contributed by atoms with Gasteiger partial charge < -0.3 is 28.8 Å². The van der Waals surface area contributed by atoms with Gasteiger partial charge >= 0.3 is 0 Å². The molecule has 0 saturated heterocycles. The van der Waals surface area contributed by atoms with Crippen LogP contribution in [0.5, 0.6) is 0 Å². The molecule has 0 aromatic heterocycles. The zero-order valence-corrected chi connectivity index (χ0v) is 41.9. The lowest BCUT2D eigenvalue weighted by Crippen LogP contribution is -2.45. The molecule has 0 aromatic rings. The number of likely N-dealkylation sites (N-methyl/N-ethyl adjacent to an activating group) is 1. The monoisotopic (exact) mass is 899 g/mol. The summed E-state index contributed by atoms with van der Waals surface area (Å²) >= 11 is 0. The molecule has 0 aliphatic rings. The first-order valence-electron chi connectivity index (χ1n) is 25.1. The Kier molecular flexibility index (Phi) is 42.8. The van der Waals surface area contributed by atoms with E-state index in [1.54, 1.807) is 6.08 Å². The molecule has 1 amide bonds. The van der Waals surface area contributed by atoms with Crippen LogP contribution in [0.15, 0.2) is 97.2 Å². The SMILES string of the molecule is CC/C=C\C/C=C\C/C=C\C/C=C\C/C=C\C/C=C\C/C=C\CCCC(=O)NC(COP(=O)([O-])OCC[N+](C)(C)C)C(O)/C=C/CCCCCCCCCCCCCCCCCC. The molecule has 0 aromatic carbocycles. The van der Waals surface area contributed by atoms with E-state index in [-0.39, 0.29) is 18.9 Å². The summed E-state index contributed by atoms with van der Waals surface area (Å²) in [5.74, 6) is -0.258. The number of aliphatic hydroxyl groups is 1. The van der Waals surface area contributed by atoms with Gasteiger partial charge in [-0.25, -0.2) is 0 Å². The zero-order valence-electron chi connectivity index (χ0n) is 41.0. The van der Waals surface area contributed by atoms with Gasteiger partial charge in [-0.3, -0.25) is 9.36 Å². The Labute approximate surface area is 388 Å². The third-order valence-corrected chi connectivity index (χ3v) is 11.5. The first-order valence-corrected chi connectivity index (χ1v) is 26.6. The van der Waals surface area contributed by atoms with Gasteiger partial charge in [0.05, 0.1) is 39.9 Å². The topological polar surface area (TPSA) is 108 Å². The molecule has 0 fully saturated rings. The summed E-state index contributed by atoms with van der Waals surface area (Å²) in [7, 11) is 1.21. The normalized spacial score (nSPS) is 15.0. The maximum atomic E-state index is 12.9. The van der Waals surface area contributed by atoms with Crippen LogP contribution in [0.1, 0.15) is 187 Å². The van der Waals surface area contributed by atoms with Gasteiger partial charge in [-0.15, -0.1) is 0 Å². The summed E-state index contributed by atoms with van der Waals surface area (Å²) in [6.07, 6.45) is 63.2. The highest BCUT2D eigenvalue weighted by atomic mass is 31.2. The lowest BCUT2D eigenvalue weighted by atomic mass is 10.0. The summed E-state index contributed by atoms with van der Waals surface area (Å²) in [6, 6.07) is -0.924. The Hall–Kier alpha value is -2.58. The Morgan fingerprint density at radius 1 is 0.571 bits per heavy atom. The number of allylic oxidation sites excluding steroid dienone is 15. The van der Waals surface area contributed by atoms with Gasteiger partial charge in [0, 0.05) is 6.42 Å². The Morgan fingerprint density at radius 2 is 0.968 bits per heavy atom. The second-order valence-electron chi connectivity index (χ2n) is 17.8. The maximum absolute atomic E-state index is 12.9. The van der Waals surface area contributed by atoms with Crippen LogP contribution in [0.3, 0.4) is 0 Å². The number of nitrogens with one attached hydrogen (secondary N) is 1. The van der Waals surface area contributed by atoms with E-state index in [0.29, 0.717) is 17.4 Å². The molecule has 63 heavy (non-hydrogen) atoms. The van der Waals surface area contributed by atoms with Crippen LogP contribution in [-0.2, 0) is 18.4 Å². The number of phosphoric ester groups is 1. The minimum atomic E-state index is -4.61. The predicted molar refractivity (Wildman–Crippen MR) is 269 cm³/mol. The summed E-state index contributed by atoms with van der Waals surface area (Å²) in [5, 5.41) is 13.8. The number of hydrogen-bond acceptors (Lipinski definition) is 6. The molecule has 8 nitrogen and oxygen atoms in total. The van der Waals surface area contributed by atoms with Crippen LogP contribution in [0, 0.1) is 0 Å². The number of unbranched alkanes of at least 4 members (excludes halogenated alkanes) is 17. The van der Waals surface area contributed by atoms with Crippen molar-refractivity contribution in [1.29, 1.82) is 0 Å². The first-order chi connectivity index (χ1) is 30.5. The van der Waals surface area contributed by atoms with Crippen LogP contribution in [0.2, 0.25) is 0 Å². The van der Waals surface area contributed by atoms with Crippen LogP contribution in [-0.4, -0.2) is 68.5 Å². The van der Waals surface area contributed by atoms with Gasteiger partial charge in [0.15, 0.2) is 0 Å². The van der Waals surface area contributed by atoms with Gasteiger partial charge in [0.25, 0.3) is 7.82 Å². The highest BCUT2D eigenvalue weighted by molar-refractivity contribution is 7.45. The quantitative estimate of drug-likeness (QED) is 0.0273. The second kappa shape index (κ2) is 44.6. The van der Waals surface area contributed by atoms with Crippen molar-refractivity contribution in [2.75, 3.05) is 40.9 Å². The van der Waals surface area contributed by atoms with Crippen molar-refractivity contribution in [3.8, 4) is 0 Å². The number of quaternary nitrogens is 1. The van der Waals surface area contributed by atoms with E-state index in [4.69, 9.17) is 9.05 Å². The van der Waals surface area contributed by atoms with Crippen LogP contribution in [0.25, 0.3) is 0 Å². The average Bonchev–Trinajstić information content (AvgIpc) is 3.24. The van der Waals surface area contributed by atoms with Gasteiger partial charge in [-0.1, -0.05) is 207 Å². The molecule has 3 unspecified atom stereocenters. The number of carbonyl (C=O) groups excluding carboxylic acids is 1. The van der Waals surface area contributed by atoms with E-state index in [1.807, 2.05) is 27.2 Å². The van der Waals surface area contributed by atoms with Crippen molar-refractivity contribution in [1.82, 2.24) is 5.32 Å². The number of phosphoric acid groups is 1. The molecule has 2 N–H and O–H groups in total. The standard InChI is InChI=1S/C54H95N2O6P/c1-6-8-10-12-14-16-18-20-22-24-26-27-28-29-30-32-34-36-38-40-42-44-46-48-54(58)55-52(51-62-63(59,60)61-50-49-56(3,4)5)53(57)47-45-43-41-39-37-35-33-31-25-23-21-19-17-15-13-11-9-7-2/h8,10,14,16,20,22,26-27,29-30,34,36,40,42,45,47,52-53,57H,6-7,9,11-13,15,17-19,21,23-25,28,31-33,35,37-39,41,43-44,46,48-51H2,1-5H3,(H-,55,58,59,60)/b10-8-,16-14-,22-20-,27-26-,30-29-,36-34-,42-40-,47-45+. The molecule has 0 saturated carbocycles. The molecule has 0 spiro atoms. The van der Waals surface area contributed by atoms with Gasteiger partial charge in [-0.2, -0.15) is 0 Å². The lowest BCUT2D eigenvalue weighted by molar-refractivity contribution is -0.870. The summed E-state index contributed by atoms with van der Waals surface area (Å²) in [6.45, 7) is 4.48. The fraction of sp³-hybridized carbons (Fsp3) is 0.685. The third-order valence-electron chi connectivity index (χ3n) is 10.5. The van der Waals surface area contributed by atoms with Crippen LogP contribution >= 0.6 is 7.82 Å². The molecular weight excluding hydrogens is 804 g/mol. The van der Waals surface area contributed by atoms with Crippen molar-refractivity contribution < 1.29 is 32.9 Å². The Balaban J connectivity index is 4.48. The smallest absolute Gasteiger partial charge is 0.268 e. The van der Waals surface area contributed by atoms with Crippen molar-refractivity contribution in [3.05, 3.63) is 97.2 Å². The molecular formula is C54H95N2O6P. The molecule has 9 heteroatoms. The van der Waals surface area contributed by atoms with E-state index in [9.17, 15) is 19.4 Å². The van der Waals surface area contributed by atoms with Gasteiger partial charge in [-0.05, 0) is 70.6 Å². The van der Waals surface area contributed by atoms with Crippen LogP contribution in [0.4, 0.5) is 0 Å². The first kappa shape index (κ1) is 60.4. The minimum absolute atomic E-state index is 0.0172. The fourth-order valence-electron chi connectivity index (χ4n) is 6.61. The van der Waals surface area contributed by atoms with Crippen LogP contribution < -0.4 is 10.2 Å². The highest BCUT2D eigenvalue weighted by Crippen LogP contribution is 2.38. The predicted octanol–water partition coefficient (Wildman–Crippen LogP) is 14.1. The van der Waals surface area contributed by atoms with E-state index >= 15 is 0 Å². The molecule has 0 bridgehead atoms. The number of hydrogen-bond donors (Lipinski definition) is 2. The number of carbonyl (C=O) groups is 1. The zero-order chi connectivity index (χ0) is 46.4. The van der Waals surface area contributed by atoms with Crippen molar-refractivity contribution in [2.24, 2.45) is 0 Å². The van der Waals surface area contributed by atoms with Crippen molar-refractivity contribution in [3.63, 3.8) is 0 Å². The second-order valence-corrected chi connectivity index (χ2v) is 19.2. The molecule has 0 heterocycles. The average molecular weight is 899 g/mol. The number of nitrogens with zero attached hydrogens (tertiary/aromatic N) is 1. The van der Waals surface area contributed by atoms with Gasteiger partial charge in [0.2, 0.25) is 5.91 Å². The van der Waals surface area contributed by atoms with E-state index < -0.39 is 26.6 Å². The molecule has 0 radical (unpaired) electrons. The summed E-state index contributed by atoms with van der Waals surface area (Å²) < 4.78 is 23.2. The van der Waals surface area contributed by atoms with E-state index in [2.05, 4.69) is 104 Å². The largest absolute Gasteiger partial charge is 0.756 e. The van der Waals surface area contributed by atoms with Crippen molar-refractivity contribution in [2.45, 2.75) is 199 Å². The highest BCUT2D eigenvalue weighted by Gasteiger charge is 2.23.